The van der Waals surface area contributed by atoms with E-state index in [0.717, 1.165) is 12.8 Å². The van der Waals surface area contributed by atoms with E-state index >= 15 is 0 Å². The summed E-state index contributed by atoms with van der Waals surface area (Å²) >= 11 is 0. The first kappa shape index (κ1) is 12.9. The van der Waals surface area contributed by atoms with Crippen molar-refractivity contribution in [3.63, 3.8) is 0 Å². The van der Waals surface area contributed by atoms with Crippen LogP contribution in [-0.4, -0.2) is 30.5 Å². The standard InChI is InChI=1S/C12H25NO2/c1-9-4-11(6-12(2,3)5-9)15-8-10(14)7-13/h9-11,14H,4-8,13H2,1-3H3/t9-,10+,11+/m0/s1. The number of aliphatic hydroxyl groups is 1. The van der Waals surface area contributed by atoms with Crippen molar-refractivity contribution < 1.29 is 9.84 Å². The summed E-state index contributed by atoms with van der Waals surface area (Å²) in [6.07, 6.45) is 3.26. The van der Waals surface area contributed by atoms with E-state index in [1.807, 2.05) is 0 Å². The minimum absolute atomic E-state index is 0.283. The monoisotopic (exact) mass is 215 g/mol. The number of ether oxygens (including phenoxy) is 1. The lowest BCUT2D eigenvalue weighted by molar-refractivity contribution is -0.0535. The Labute approximate surface area is 93.0 Å². The van der Waals surface area contributed by atoms with Gasteiger partial charge in [-0.1, -0.05) is 20.8 Å². The molecule has 0 unspecified atom stereocenters. The predicted molar refractivity (Wildman–Crippen MR) is 61.6 cm³/mol. The zero-order valence-corrected chi connectivity index (χ0v) is 10.2. The van der Waals surface area contributed by atoms with Gasteiger partial charge in [-0.25, -0.2) is 0 Å². The zero-order chi connectivity index (χ0) is 11.5. The van der Waals surface area contributed by atoms with Crippen LogP contribution < -0.4 is 5.73 Å². The van der Waals surface area contributed by atoms with E-state index in [-0.39, 0.29) is 6.54 Å². The number of rotatable bonds is 4. The van der Waals surface area contributed by atoms with Gasteiger partial charge in [0, 0.05) is 6.54 Å². The summed E-state index contributed by atoms with van der Waals surface area (Å²) in [4.78, 5) is 0. The molecule has 0 bridgehead atoms. The van der Waals surface area contributed by atoms with E-state index in [9.17, 15) is 5.11 Å². The smallest absolute Gasteiger partial charge is 0.0895 e. The number of nitrogens with two attached hydrogens (primary N) is 1. The Morgan fingerprint density at radius 2 is 2.13 bits per heavy atom. The van der Waals surface area contributed by atoms with Crippen molar-refractivity contribution >= 4 is 0 Å². The highest BCUT2D eigenvalue weighted by Crippen LogP contribution is 2.39. The Kier molecular flexibility index (Phi) is 4.56. The van der Waals surface area contributed by atoms with Crippen molar-refractivity contribution in [1.29, 1.82) is 0 Å². The maximum absolute atomic E-state index is 9.33. The highest BCUT2D eigenvalue weighted by atomic mass is 16.5. The Morgan fingerprint density at radius 1 is 1.47 bits per heavy atom. The first-order chi connectivity index (χ1) is 6.93. The maximum Gasteiger partial charge on any atom is 0.0895 e. The van der Waals surface area contributed by atoms with Crippen molar-refractivity contribution in [2.24, 2.45) is 17.1 Å². The lowest BCUT2D eigenvalue weighted by Crippen LogP contribution is -2.35. The quantitative estimate of drug-likeness (QED) is 0.748. The molecule has 90 valence electrons. The van der Waals surface area contributed by atoms with E-state index in [2.05, 4.69) is 20.8 Å². The van der Waals surface area contributed by atoms with Crippen molar-refractivity contribution in [3.05, 3.63) is 0 Å². The van der Waals surface area contributed by atoms with Crippen LogP contribution in [0.25, 0.3) is 0 Å². The second kappa shape index (κ2) is 5.28. The average Bonchev–Trinajstić information content (AvgIpc) is 2.11. The number of hydrogen-bond acceptors (Lipinski definition) is 3. The first-order valence-electron chi connectivity index (χ1n) is 5.92. The van der Waals surface area contributed by atoms with Crippen LogP contribution in [0.15, 0.2) is 0 Å². The van der Waals surface area contributed by atoms with Crippen molar-refractivity contribution in [1.82, 2.24) is 0 Å². The third-order valence-corrected chi connectivity index (χ3v) is 3.14. The predicted octanol–water partition coefficient (Wildman–Crippen LogP) is 1.54. The molecule has 15 heavy (non-hydrogen) atoms. The van der Waals surface area contributed by atoms with E-state index in [1.165, 1.54) is 6.42 Å². The molecule has 0 heterocycles. The van der Waals surface area contributed by atoms with E-state index in [0.29, 0.717) is 24.0 Å². The first-order valence-corrected chi connectivity index (χ1v) is 5.92. The molecule has 0 spiro atoms. The molecule has 0 aromatic rings. The summed E-state index contributed by atoms with van der Waals surface area (Å²) in [5.74, 6) is 0.716. The Balaban J connectivity index is 2.35. The molecule has 3 heteroatoms. The number of aliphatic hydroxyl groups excluding tert-OH is 1. The average molecular weight is 215 g/mol. The fourth-order valence-electron chi connectivity index (χ4n) is 2.70. The van der Waals surface area contributed by atoms with Gasteiger partial charge >= 0.3 is 0 Å². The van der Waals surface area contributed by atoms with Crippen LogP contribution in [-0.2, 0) is 4.74 Å². The van der Waals surface area contributed by atoms with Crippen LogP contribution in [0.4, 0.5) is 0 Å². The molecule has 3 atom stereocenters. The summed E-state index contributed by atoms with van der Waals surface area (Å²) < 4.78 is 5.71. The molecule has 0 amide bonds. The number of hydrogen-bond donors (Lipinski definition) is 2. The molecule has 3 N–H and O–H groups in total. The van der Waals surface area contributed by atoms with Gasteiger partial charge in [-0.15, -0.1) is 0 Å². The second-order valence-electron chi connectivity index (χ2n) is 5.76. The molecule has 0 aromatic carbocycles. The van der Waals surface area contributed by atoms with Crippen molar-refractivity contribution in [2.75, 3.05) is 13.2 Å². The van der Waals surface area contributed by atoms with Crippen LogP contribution >= 0.6 is 0 Å². The topological polar surface area (TPSA) is 55.5 Å². The van der Waals surface area contributed by atoms with Gasteiger partial charge in [-0.3, -0.25) is 0 Å². The van der Waals surface area contributed by atoms with Gasteiger partial charge < -0.3 is 15.6 Å². The molecule has 3 nitrogen and oxygen atoms in total. The van der Waals surface area contributed by atoms with Gasteiger partial charge in [-0.05, 0) is 30.6 Å². The van der Waals surface area contributed by atoms with Gasteiger partial charge in [0.1, 0.15) is 0 Å². The summed E-state index contributed by atoms with van der Waals surface area (Å²) in [5, 5.41) is 9.33. The van der Waals surface area contributed by atoms with Crippen LogP contribution in [0.2, 0.25) is 0 Å². The van der Waals surface area contributed by atoms with E-state index < -0.39 is 6.10 Å². The summed E-state index contributed by atoms with van der Waals surface area (Å²) in [5.41, 5.74) is 5.71. The lowest BCUT2D eigenvalue weighted by Gasteiger charge is -2.39. The van der Waals surface area contributed by atoms with E-state index in [4.69, 9.17) is 10.5 Å². The van der Waals surface area contributed by atoms with E-state index in [1.54, 1.807) is 0 Å². The highest BCUT2D eigenvalue weighted by Gasteiger charge is 2.32. The summed E-state index contributed by atoms with van der Waals surface area (Å²) in [6.45, 7) is 7.52. The van der Waals surface area contributed by atoms with Crippen molar-refractivity contribution in [3.8, 4) is 0 Å². The molecule has 0 aromatic heterocycles. The molecule has 0 saturated heterocycles. The fraction of sp³-hybridized carbons (Fsp3) is 1.00. The largest absolute Gasteiger partial charge is 0.389 e. The zero-order valence-electron chi connectivity index (χ0n) is 10.2. The lowest BCUT2D eigenvalue weighted by atomic mass is 9.71. The molecule has 1 saturated carbocycles. The maximum atomic E-state index is 9.33. The molecule has 0 radical (unpaired) electrons. The molecule has 1 fully saturated rings. The molecule has 1 rings (SSSR count). The van der Waals surface area contributed by atoms with Gasteiger partial charge in [-0.2, -0.15) is 0 Å². The Bertz CT molecular complexity index is 194. The van der Waals surface area contributed by atoms with Crippen LogP contribution in [0.1, 0.15) is 40.0 Å². The Morgan fingerprint density at radius 3 is 2.67 bits per heavy atom. The summed E-state index contributed by atoms with van der Waals surface area (Å²) in [7, 11) is 0. The second-order valence-corrected chi connectivity index (χ2v) is 5.76. The Hall–Kier alpha value is -0.120. The fourth-order valence-corrected chi connectivity index (χ4v) is 2.70. The highest BCUT2D eigenvalue weighted by molar-refractivity contribution is 4.83. The summed E-state index contributed by atoms with van der Waals surface area (Å²) in [6, 6.07) is 0. The van der Waals surface area contributed by atoms with Crippen molar-refractivity contribution in [2.45, 2.75) is 52.2 Å². The SMILES string of the molecule is C[C@H]1C[C@@H](OC[C@H](O)CN)CC(C)(C)C1. The molecular weight excluding hydrogens is 190 g/mol. The molecule has 1 aliphatic carbocycles. The van der Waals surface area contributed by atoms with Crippen LogP contribution in [0, 0.1) is 11.3 Å². The third kappa shape index (κ3) is 4.49. The minimum atomic E-state index is -0.509. The van der Waals surface area contributed by atoms with Gasteiger partial charge in [0.15, 0.2) is 0 Å². The van der Waals surface area contributed by atoms with Gasteiger partial charge in [0.05, 0.1) is 18.8 Å². The normalized spacial score (nSPS) is 32.6. The van der Waals surface area contributed by atoms with Crippen LogP contribution in [0.3, 0.4) is 0 Å². The van der Waals surface area contributed by atoms with Gasteiger partial charge in [0.2, 0.25) is 0 Å². The molecule has 1 aliphatic rings. The van der Waals surface area contributed by atoms with Crippen LogP contribution in [0.5, 0.6) is 0 Å². The molecule has 0 aliphatic heterocycles. The third-order valence-electron chi connectivity index (χ3n) is 3.14. The van der Waals surface area contributed by atoms with Gasteiger partial charge in [0.25, 0.3) is 0 Å². The molecular formula is C12H25NO2. The minimum Gasteiger partial charge on any atom is -0.389 e.